The molecule has 0 bridgehead atoms. The minimum absolute atomic E-state index is 0.517. The van der Waals surface area contributed by atoms with Gasteiger partial charge in [-0.25, -0.2) is 4.98 Å². The largest absolute Gasteiger partial charge is 0.357 e. The van der Waals surface area contributed by atoms with Gasteiger partial charge in [-0.15, -0.1) is 0 Å². The Morgan fingerprint density at radius 1 is 0.962 bits per heavy atom. The van der Waals surface area contributed by atoms with Crippen molar-refractivity contribution in [3.63, 3.8) is 0 Å². The maximum absolute atomic E-state index is 9.09. The first-order valence-corrected chi connectivity index (χ1v) is 8.70. The number of nitrogens with zero attached hydrogens (tertiary/aromatic N) is 4. The molecule has 0 amide bonds. The lowest BCUT2D eigenvalue weighted by Crippen LogP contribution is -2.23. The van der Waals surface area contributed by atoms with Gasteiger partial charge in [0.1, 0.15) is 5.82 Å². The predicted molar refractivity (Wildman–Crippen MR) is 105 cm³/mol. The van der Waals surface area contributed by atoms with Crippen molar-refractivity contribution in [3.8, 4) is 17.3 Å². The maximum Gasteiger partial charge on any atom is 0.229 e. The molecule has 0 atom stereocenters. The van der Waals surface area contributed by atoms with Crippen LogP contribution < -0.4 is 10.2 Å². The lowest BCUT2D eigenvalue weighted by atomic mass is 10.1. The average Bonchev–Trinajstić information content (AvgIpc) is 2.69. The van der Waals surface area contributed by atoms with Crippen LogP contribution in [0.25, 0.3) is 11.3 Å². The Morgan fingerprint density at radius 3 is 2.42 bits per heavy atom. The number of rotatable bonds is 6. The second kappa shape index (κ2) is 8.13. The number of hydrogen-bond acceptors (Lipinski definition) is 5. The maximum atomic E-state index is 9.09. The molecular weight excluding hydrogens is 322 g/mol. The standard InChI is InChI=1S/C21H21N5/c1-3-26(4-2)20-14-19(17-10-6-5-7-11-17)24-21(25-20)23-18-12-8-9-16(13-18)15-22/h5-14H,3-4H2,1-2H3,(H,23,24,25). The van der Waals surface area contributed by atoms with Crippen LogP contribution in [-0.4, -0.2) is 23.1 Å². The Labute approximate surface area is 154 Å². The van der Waals surface area contributed by atoms with E-state index >= 15 is 0 Å². The quantitative estimate of drug-likeness (QED) is 0.708. The van der Waals surface area contributed by atoms with E-state index in [1.807, 2.05) is 48.5 Å². The van der Waals surface area contributed by atoms with Gasteiger partial charge < -0.3 is 10.2 Å². The molecule has 0 aliphatic heterocycles. The van der Waals surface area contributed by atoms with Gasteiger partial charge in [-0.3, -0.25) is 0 Å². The first-order valence-electron chi connectivity index (χ1n) is 8.70. The second-order valence-electron chi connectivity index (χ2n) is 5.79. The number of hydrogen-bond donors (Lipinski definition) is 1. The molecule has 0 saturated heterocycles. The van der Waals surface area contributed by atoms with Crippen LogP contribution in [0.1, 0.15) is 19.4 Å². The molecule has 0 saturated carbocycles. The van der Waals surface area contributed by atoms with Crippen molar-refractivity contribution in [2.75, 3.05) is 23.3 Å². The minimum atomic E-state index is 0.517. The summed E-state index contributed by atoms with van der Waals surface area (Å²) in [6, 6.07) is 21.5. The Morgan fingerprint density at radius 2 is 1.73 bits per heavy atom. The molecule has 0 unspecified atom stereocenters. The SMILES string of the molecule is CCN(CC)c1cc(-c2ccccc2)nc(Nc2cccc(C#N)c2)n1. The lowest BCUT2D eigenvalue weighted by Gasteiger charge is -2.21. The van der Waals surface area contributed by atoms with Crippen LogP contribution in [0.2, 0.25) is 0 Å². The number of anilines is 3. The molecule has 3 rings (SSSR count). The summed E-state index contributed by atoms with van der Waals surface area (Å²) in [4.78, 5) is 11.5. The predicted octanol–water partition coefficient (Wildman–Crippen LogP) is 4.61. The molecule has 0 spiro atoms. The smallest absolute Gasteiger partial charge is 0.229 e. The van der Waals surface area contributed by atoms with Crippen LogP contribution in [0.15, 0.2) is 60.7 Å². The molecule has 1 aromatic heterocycles. The summed E-state index contributed by atoms with van der Waals surface area (Å²) in [5.41, 5.74) is 3.29. The highest BCUT2D eigenvalue weighted by Gasteiger charge is 2.11. The van der Waals surface area contributed by atoms with Crippen molar-refractivity contribution in [2.45, 2.75) is 13.8 Å². The van der Waals surface area contributed by atoms with Crippen LogP contribution in [-0.2, 0) is 0 Å². The van der Waals surface area contributed by atoms with E-state index in [1.54, 1.807) is 12.1 Å². The third kappa shape index (κ3) is 3.98. The van der Waals surface area contributed by atoms with Gasteiger partial charge in [0.15, 0.2) is 0 Å². The molecule has 5 nitrogen and oxygen atoms in total. The van der Waals surface area contributed by atoms with Crippen LogP contribution in [0.3, 0.4) is 0 Å². The fourth-order valence-corrected chi connectivity index (χ4v) is 2.75. The summed E-state index contributed by atoms with van der Waals surface area (Å²) in [5, 5.41) is 12.3. The van der Waals surface area contributed by atoms with Gasteiger partial charge in [0.2, 0.25) is 5.95 Å². The summed E-state index contributed by atoms with van der Waals surface area (Å²) in [5.74, 6) is 1.39. The van der Waals surface area contributed by atoms with E-state index < -0.39 is 0 Å². The van der Waals surface area contributed by atoms with Crippen molar-refractivity contribution >= 4 is 17.5 Å². The fraction of sp³-hybridized carbons (Fsp3) is 0.190. The topological polar surface area (TPSA) is 64.8 Å². The summed E-state index contributed by atoms with van der Waals surface area (Å²) in [6.45, 7) is 5.95. The molecule has 1 heterocycles. The summed E-state index contributed by atoms with van der Waals surface area (Å²) >= 11 is 0. The zero-order chi connectivity index (χ0) is 18.4. The van der Waals surface area contributed by atoms with Crippen molar-refractivity contribution in [3.05, 3.63) is 66.2 Å². The molecule has 2 aromatic carbocycles. The van der Waals surface area contributed by atoms with E-state index in [2.05, 4.69) is 40.1 Å². The van der Waals surface area contributed by atoms with Gasteiger partial charge in [-0.1, -0.05) is 36.4 Å². The molecule has 0 aliphatic rings. The zero-order valence-corrected chi connectivity index (χ0v) is 15.0. The van der Waals surface area contributed by atoms with Crippen LogP contribution in [0, 0.1) is 11.3 Å². The Kier molecular flexibility index (Phi) is 5.45. The molecule has 130 valence electrons. The first kappa shape index (κ1) is 17.4. The van der Waals surface area contributed by atoms with Gasteiger partial charge in [-0.05, 0) is 32.0 Å². The Bertz CT molecular complexity index is 911. The van der Waals surface area contributed by atoms with E-state index in [-0.39, 0.29) is 0 Å². The number of aromatic nitrogens is 2. The monoisotopic (exact) mass is 343 g/mol. The molecular formula is C21H21N5. The zero-order valence-electron chi connectivity index (χ0n) is 15.0. The highest BCUT2D eigenvalue weighted by Crippen LogP contribution is 2.25. The molecule has 0 fully saturated rings. The first-order chi connectivity index (χ1) is 12.7. The highest BCUT2D eigenvalue weighted by molar-refractivity contribution is 5.67. The highest BCUT2D eigenvalue weighted by atomic mass is 15.2. The normalized spacial score (nSPS) is 10.2. The van der Waals surface area contributed by atoms with Crippen molar-refractivity contribution < 1.29 is 0 Å². The van der Waals surface area contributed by atoms with Crippen molar-refractivity contribution in [1.29, 1.82) is 5.26 Å². The van der Waals surface area contributed by atoms with Crippen LogP contribution in [0.5, 0.6) is 0 Å². The van der Waals surface area contributed by atoms with Crippen LogP contribution >= 0.6 is 0 Å². The molecule has 26 heavy (non-hydrogen) atoms. The third-order valence-corrected chi connectivity index (χ3v) is 4.12. The molecule has 5 heteroatoms. The Balaban J connectivity index is 2.03. The van der Waals surface area contributed by atoms with Gasteiger partial charge in [0, 0.05) is 30.4 Å². The number of nitrogens with one attached hydrogen (secondary N) is 1. The lowest BCUT2D eigenvalue weighted by molar-refractivity contribution is 0.843. The third-order valence-electron chi connectivity index (χ3n) is 4.12. The van der Waals surface area contributed by atoms with E-state index in [0.29, 0.717) is 11.5 Å². The summed E-state index contributed by atoms with van der Waals surface area (Å²) < 4.78 is 0. The molecule has 0 radical (unpaired) electrons. The summed E-state index contributed by atoms with van der Waals surface area (Å²) in [6.07, 6.45) is 0. The average molecular weight is 343 g/mol. The van der Waals surface area contributed by atoms with Crippen LogP contribution in [0.4, 0.5) is 17.5 Å². The van der Waals surface area contributed by atoms with Crippen molar-refractivity contribution in [2.24, 2.45) is 0 Å². The van der Waals surface area contributed by atoms with E-state index in [1.165, 1.54) is 0 Å². The van der Waals surface area contributed by atoms with Gasteiger partial charge in [0.25, 0.3) is 0 Å². The molecule has 3 aromatic rings. The van der Waals surface area contributed by atoms with Crippen molar-refractivity contribution in [1.82, 2.24) is 9.97 Å². The fourth-order valence-electron chi connectivity index (χ4n) is 2.75. The number of nitriles is 1. The van der Waals surface area contributed by atoms with Gasteiger partial charge in [-0.2, -0.15) is 10.2 Å². The minimum Gasteiger partial charge on any atom is -0.357 e. The number of benzene rings is 2. The van der Waals surface area contributed by atoms with Gasteiger partial charge >= 0.3 is 0 Å². The molecule has 1 N–H and O–H groups in total. The molecule has 0 aliphatic carbocycles. The van der Waals surface area contributed by atoms with E-state index in [9.17, 15) is 0 Å². The van der Waals surface area contributed by atoms with Gasteiger partial charge in [0.05, 0.1) is 17.3 Å². The second-order valence-corrected chi connectivity index (χ2v) is 5.79. The van der Waals surface area contributed by atoms with E-state index in [4.69, 9.17) is 5.26 Å². The summed E-state index contributed by atoms with van der Waals surface area (Å²) in [7, 11) is 0. The van der Waals surface area contributed by atoms with E-state index in [0.717, 1.165) is 35.9 Å². The Hall–Kier alpha value is -3.39.